The zero-order valence-electron chi connectivity index (χ0n) is 14.5. The van der Waals surface area contributed by atoms with Crippen LogP contribution < -0.4 is 4.83 Å². The number of hydrogen-bond acceptors (Lipinski definition) is 5. The van der Waals surface area contributed by atoms with Crippen molar-refractivity contribution in [3.8, 4) is 0 Å². The standard InChI is InChI=1S/C17H24N2O4S/c1-12-8-10-14(11-9-12)24(21,22)19-18-15-7-5-6-13(2)17(15,3)16(20)23-4/h8-11,13,19H,5-7H2,1-4H3/b18-15+/t13-,17-/m1/s1. The van der Waals surface area contributed by atoms with Gasteiger partial charge in [-0.05, 0) is 51.2 Å². The lowest BCUT2D eigenvalue weighted by atomic mass is 9.67. The quantitative estimate of drug-likeness (QED) is 0.667. The summed E-state index contributed by atoms with van der Waals surface area (Å²) >= 11 is 0. The first-order valence-electron chi connectivity index (χ1n) is 7.95. The minimum absolute atomic E-state index is 0.0290. The number of methoxy groups -OCH3 is 1. The SMILES string of the molecule is COC(=O)[C@@]1(C)/C(=N/NS(=O)(=O)c2ccc(C)cc2)CCC[C@H]1C. The molecule has 7 heteroatoms. The van der Waals surface area contributed by atoms with Crippen LogP contribution >= 0.6 is 0 Å². The molecule has 1 aromatic carbocycles. The van der Waals surface area contributed by atoms with Crippen LogP contribution in [0.3, 0.4) is 0 Å². The van der Waals surface area contributed by atoms with Crippen molar-refractivity contribution >= 4 is 21.7 Å². The predicted octanol–water partition coefficient (Wildman–Crippen LogP) is 2.63. The monoisotopic (exact) mass is 352 g/mol. The number of nitrogens with zero attached hydrogens (tertiary/aromatic N) is 1. The average Bonchev–Trinajstić information content (AvgIpc) is 2.55. The molecule has 0 spiro atoms. The van der Waals surface area contributed by atoms with E-state index in [2.05, 4.69) is 9.93 Å². The molecule has 2 atom stereocenters. The Morgan fingerprint density at radius 3 is 2.54 bits per heavy atom. The first-order valence-corrected chi connectivity index (χ1v) is 9.44. The van der Waals surface area contributed by atoms with E-state index in [0.717, 1.165) is 18.4 Å². The first-order chi connectivity index (χ1) is 11.2. The maximum absolute atomic E-state index is 12.4. The van der Waals surface area contributed by atoms with Crippen molar-refractivity contribution in [1.82, 2.24) is 4.83 Å². The number of esters is 1. The Kier molecular flexibility index (Phi) is 5.32. The molecule has 6 nitrogen and oxygen atoms in total. The third kappa shape index (κ3) is 3.45. The third-order valence-electron chi connectivity index (χ3n) is 4.88. The van der Waals surface area contributed by atoms with Crippen molar-refractivity contribution in [1.29, 1.82) is 0 Å². The van der Waals surface area contributed by atoms with E-state index < -0.39 is 15.4 Å². The van der Waals surface area contributed by atoms with Gasteiger partial charge in [0, 0.05) is 0 Å². The van der Waals surface area contributed by atoms with Gasteiger partial charge in [-0.1, -0.05) is 24.6 Å². The molecule has 1 aromatic rings. The fourth-order valence-corrected chi connectivity index (χ4v) is 3.83. The Hall–Kier alpha value is -1.89. The summed E-state index contributed by atoms with van der Waals surface area (Å²) < 4.78 is 29.7. The molecule has 0 unspecified atom stereocenters. The molecule has 0 aliphatic heterocycles. The van der Waals surface area contributed by atoms with Crippen molar-refractivity contribution in [2.75, 3.05) is 7.11 Å². The molecule has 1 saturated carbocycles. The smallest absolute Gasteiger partial charge is 0.317 e. The Bertz CT molecular complexity index is 740. The Morgan fingerprint density at radius 2 is 1.96 bits per heavy atom. The fraction of sp³-hybridized carbons (Fsp3) is 0.529. The Morgan fingerprint density at radius 1 is 1.33 bits per heavy atom. The zero-order chi connectivity index (χ0) is 18.0. The van der Waals surface area contributed by atoms with Gasteiger partial charge in [0.1, 0.15) is 5.41 Å². The van der Waals surface area contributed by atoms with Crippen molar-refractivity contribution < 1.29 is 17.9 Å². The maximum atomic E-state index is 12.4. The summed E-state index contributed by atoms with van der Waals surface area (Å²) in [6.07, 6.45) is 2.29. The van der Waals surface area contributed by atoms with Crippen LogP contribution in [0.5, 0.6) is 0 Å². The van der Waals surface area contributed by atoms with Gasteiger partial charge in [0.05, 0.1) is 17.7 Å². The van der Waals surface area contributed by atoms with Crippen LogP contribution in [0.25, 0.3) is 0 Å². The molecule has 1 aliphatic carbocycles. The van der Waals surface area contributed by atoms with Gasteiger partial charge in [-0.25, -0.2) is 4.83 Å². The second kappa shape index (κ2) is 6.93. The molecule has 0 heterocycles. The van der Waals surface area contributed by atoms with E-state index in [1.807, 2.05) is 13.8 Å². The second-order valence-corrected chi connectivity index (χ2v) is 8.11. The van der Waals surface area contributed by atoms with Gasteiger partial charge in [0.25, 0.3) is 10.0 Å². The summed E-state index contributed by atoms with van der Waals surface area (Å²) in [6, 6.07) is 6.51. The van der Waals surface area contributed by atoms with Crippen molar-refractivity contribution in [2.45, 2.75) is 44.9 Å². The molecule has 0 saturated heterocycles. The second-order valence-electron chi connectivity index (χ2n) is 6.45. The number of carbonyl (C=O) groups is 1. The molecule has 2 rings (SSSR count). The molecule has 0 amide bonds. The normalized spacial score (nSPS) is 26.2. The number of ether oxygens (including phenoxy) is 1. The summed E-state index contributed by atoms with van der Waals surface area (Å²) in [4.78, 5) is 14.7. The number of hydrazone groups is 1. The van der Waals surface area contributed by atoms with Crippen LogP contribution in [0, 0.1) is 18.3 Å². The van der Waals surface area contributed by atoms with E-state index in [1.54, 1.807) is 19.1 Å². The number of sulfonamides is 1. The number of nitrogens with one attached hydrogen (secondary N) is 1. The van der Waals surface area contributed by atoms with Crippen LogP contribution in [-0.4, -0.2) is 27.2 Å². The molecule has 132 valence electrons. The lowest BCUT2D eigenvalue weighted by molar-refractivity contribution is -0.150. The topological polar surface area (TPSA) is 84.8 Å². The van der Waals surface area contributed by atoms with Crippen molar-refractivity contribution in [2.24, 2.45) is 16.4 Å². The van der Waals surface area contributed by atoms with E-state index in [-0.39, 0.29) is 16.8 Å². The summed E-state index contributed by atoms with van der Waals surface area (Å²) in [7, 11) is -2.43. The van der Waals surface area contributed by atoms with Crippen LogP contribution in [0.15, 0.2) is 34.3 Å². The first kappa shape index (κ1) is 18.4. The Balaban J connectivity index is 2.31. The van der Waals surface area contributed by atoms with Crippen LogP contribution in [0.4, 0.5) is 0 Å². The van der Waals surface area contributed by atoms with Crippen LogP contribution in [0.2, 0.25) is 0 Å². The van der Waals surface area contributed by atoms with Crippen LogP contribution in [0.1, 0.15) is 38.7 Å². The van der Waals surface area contributed by atoms with Gasteiger partial charge in [0.2, 0.25) is 0 Å². The zero-order valence-corrected chi connectivity index (χ0v) is 15.3. The van der Waals surface area contributed by atoms with Crippen LogP contribution in [-0.2, 0) is 19.6 Å². The molecule has 0 bridgehead atoms. The van der Waals surface area contributed by atoms with Gasteiger partial charge < -0.3 is 4.74 Å². The summed E-state index contributed by atoms with van der Waals surface area (Å²) in [6.45, 7) is 5.61. The molecule has 24 heavy (non-hydrogen) atoms. The fourth-order valence-electron chi connectivity index (χ4n) is 3.00. The van der Waals surface area contributed by atoms with E-state index in [1.165, 1.54) is 19.2 Å². The Labute approximate surface area is 143 Å². The van der Waals surface area contributed by atoms with Gasteiger partial charge in [-0.2, -0.15) is 13.5 Å². The highest BCUT2D eigenvalue weighted by Crippen LogP contribution is 2.39. The summed E-state index contributed by atoms with van der Waals surface area (Å²) in [5, 5.41) is 4.10. The lowest BCUT2D eigenvalue weighted by Crippen LogP contribution is -2.46. The number of hydrogen-bond donors (Lipinski definition) is 1. The number of carbonyl (C=O) groups excluding carboxylic acids is 1. The molecular weight excluding hydrogens is 328 g/mol. The highest BCUT2D eigenvalue weighted by molar-refractivity contribution is 7.89. The van der Waals surface area contributed by atoms with Crippen molar-refractivity contribution in [3.05, 3.63) is 29.8 Å². The van der Waals surface area contributed by atoms with E-state index in [4.69, 9.17) is 4.74 Å². The molecular formula is C17H24N2O4S. The van der Waals surface area contributed by atoms with E-state index in [9.17, 15) is 13.2 Å². The van der Waals surface area contributed by atoms with Gasteiger partial charge in [-0.15, -0.1) is 0 Å². The average molecular weight is 352 g/mol. The molecule has 0 aromatic heterocycles. The van der Waals surface area contributed by atoms with Gasteiger partial charge in [-0.3, -0.25) is 4.79 Å². The molecule has 0 radical (unpaired) electrons. The summed E-state index contributed by atoms with van der Waals surface area (Å²) in [5.74, 6) is -0.357. The van der Waals surface area contributed by atoms with Crippen molar-refractivity contribution in [3.63, 3.8) is 0 Å². The maximum Gasteiger partial charge on any atom is 0.317 e. The largest absolute Gasteiger partial charge is 0.468 e. The van der Waals surface area contributed by atoms with Gasteiger partial charge >= 0.3 is 5.97 Å². The van der Waals surface area contributed by atoms with Gasteiger partial charge in [0.15, 0.2) is 0 Å². The highest BCUT2D eigenvalue weighted by Gasteiger charge is 2.47. The number of rotatable bonds is 4. The molecule has 1 aliphatic rings. The molecule has 1 fully saturated rings. The number of benzene rings is 1. The molecule has 1 N–H and O–H groups in total. The minimum Gasteiger partial charge on any atom is -0.468 e. The lowest BCUT2D eigenvalue weighted by Gasteiger charge is -2.37. The predicted molar refractivity (Wildman–Crippen MR) is 92.1 cm³/mol. The third-order valence-corrected chi connectivity index (χ3v) is 6.10. The summed E-state index contributed by atoms with van der Waals surface area (Å²) in [5.41, 5.74) is 0.575. The highest BCUT2D eigenvalue weighted by atomic mass is 32.2. The number of aryl methyl sites for hydroxylation is 1. The van der Waals surface area contributed by atoms with E-state index in [0.29, 0.717) is 12.1 Å². The van der Waals surface area contributed by atoms with E-state index >= 15 is 0 Å². The minimum atomic E-state index is -3.77.